The zero-order valence-corrected chi connectivity index (χ0v) is 17.7. The lowest BCUT2D eigenvalue weighted by Gasteiger charge is -2.62. The molecule has 5 aliphatic carbocycles. The molecule has 4 fully saturated rings. The number of hydrogen-bond acceptors (Lipinski definition) is 3. The number of allylic oxidation sites excluding steroid dienone is 2. The molecule has 3 heteroatoms. The lowest BCUT2D eigenvalue weighted by molar-refractivity contribution is -0.155. The second kappa shape index (κ2) is 7.13. The van der Waals surface area contributed by atoms with Gasteiger partial charge in [-0.3, -0.25) is 0 Å². The van der Waals surface area contributed by atoms with Gasteiger partial charge in [-0.1, -0.05) is 19.1 Å². The van der Waals surface area contributed by atoms with Crippen LogP contribution in [0.1, 0.15) is 71.1 Å². The van der Waals surface area contributed by atoms with Crippen LogP contribution >= 0.6 is 0 Å². The molecule has 1 spiro atoms. The minimum Gasteiger partial charge on any atom is -0.359 e. The van der Waals surface area contributed by atoms with E-state index in [1.807, 2.05) is 0 Å². The molecule has 9 atom stereocenters. The molecule has 0 bridgehead atoms. The summed E-state index contributed by atoms with van der Waals surface area (Å²) in [5.74, 6) is 4.32. The molecule has 0 heterocycles. The number of methoxy groups -OCH3 is 1. The molecule has 0 unspecified atom stereocenters. The number of hydrogen-bond donors (Lipinski definition) is 0. The molecule has 0 aromatic rings. The first kappa shape index (κ1) is 19.1. The van der Waals surface area contributed by atoms with Gasteiger partial charge in [-0.05, 0) is 105 Å². The largest absolute Gasteiger partial charge is 0.359 e. The second-order valence-electron chi connectivity index (χ2n) is 10.9. The summed E-state index contributed by atoms with van der Waals surface area (Å²) in [6.07, 6.45) is 18.3. The molecule has 4 saturated carbocycles. The van der Waals surface area contributed by atoms with E-state index in [1.54, 1.807) is 7.11 Å². The van der Waals surface area contributed by atoms with Gasteiger partial charge in [0.15, 0.2) is 0 Å². The van der Waals surface area contributed by atoms with Crippen molar-refractivity contribution < 1.29 is 9.47 Å². The predicted octanol–water partition coefficient (Wildman–Crippen LogP) is 5.71. The van der Waals surface area contributed by atoms with Gasteiger partial charge in [0.1, 0.15) is 6.79 Å². The van der Waals surface area contributed by atoms with Crippen molar-refractivity contribution >= 4 is 0 Å². The van der Waals surface area contributed by atoms with Crippen LogP contribution < -0.4 is 0 Å². The minimum absolute atomic E-state index is 0.176. The molecule has 0 amide bonds. The number of nitriles is 1. The Morgan fingerprint density at radius 3 is 2.71 bits per heavy atom. The fourth-order valence-corrected chi connectivity index (χ4v) is 9.03. The molecule has 0 aliphatic heterocycles. The van der Waals surface area contributed by atoms with Crippen LogP contribution in [0.25, 0.3) is 0 Å². The molecule has 28 heavy (non-hydrogen) atoms. The topological polar surface area (TPSA) is 42.2 Å². The van der Waals surface area contributed by atoms with Crippen LogP contribution in [0.2, 0.25) is 0 Å². The van der Waals surface area contributed by atoms with Crippen LogP contribution in [0, 0.1) is 57.7 Å². The van der Waals surface area contributed by atoms with E-state index in [2.05, 4.69) is 25.1 Å². The predicted molar refractivity (Wildman–Crippen MR) is 109 cm³/mol. The number of nitrogens with zero attached hydrogens (tertiary/aromatic N) is 1. The minimum atomic E-state index is 0.176. The van der Waals surface area contributed by atoms with Crippen molar-refractivity contribution in [3.8, 4) is 6.07 Å². The normalized spacial score (nSPS) is 52.1. The number of rotatable bonds is 3. The summed E-state index contributed by atoms with van der Waals surface area (Å²) in [6.45, 7) is 3.07. The highest BCUT2D eigenvalue weighted by Gasteiger charge is 2.62. The molecule has 0 N–H and O–H groups in total. The van der Waals surface area contributed by atoms with Gasteiger partial charge in [-0.25, -0.2) is 0 Å². The quantitative estimate of drug-likeness (QED) is 0.463. The third-order valence-electron chi connectivity index (χ3n) is 10.2. The molecule has 5 rings (SSSR count). The zero-order chi connectivity index (χ0) is 19.4. The highest BCUT2D eigenvalue weighted by molar-refractivity contribution is 5.20. The van der Waals surface area contributed by atoms with Crippen molar-refractivity contribution in [2.24, 2.45) is 46.3 Å². The van der Waals surface area contributed by atoms with Crippen molar-refractivity contribution in [2.45, 2.75) is 77.2 Å². The lowest BCUT2D eigenvalue weighted by atomic mass is 9.43. The Kier molecular flexibility index (Phi) is 4.88. The molecular formula is C25H37NO2. The van der Waals surface area contributed by atoms with Crippen LogP contribution in [0.3, 0.4) is 0 Å². The van der Waals surface area contributed by atoms with Gasteiger partial charge in [0.2, 0.25) is 0 Å². The SMILES string of the molecule is COCO[C@@H]1CC[C@@]2(C)[C@@H](CC[C@@H]3[C@@H]2CC[C@@]24CC=C[C@@H](C#N)[C@H]2CC[C@@H]34)C1. The molecule has 3 nitrogen and oxygen atoms in total. The van der Waals surface area contributed by atoms with E-state index in [9.17, 15) is 5.26 Å². The number of fused-ring (bicyclic) bond motifs is 4. The Bertz CT molecular complexity index is 668. The van der Waals surface area contributed by atoms with Gasteiger partial charge in [0, 0.05) is 7.11 Å². The highest BCUT2D eigenvalue weighted by atomic mass is 16.7. The van der Waals surface area contributed by atoms with Crippen molar-refractivity contribution in [2.75, 3.05) is 13.9 Å². The molecule has 0 aromatic heterocycles. The monoisotopic (exact) mass is 383 g/mol. The van der Waals surface area contributed by atoms with Crippen LogP contribution in [0.15, 0.2) is 12.2 Å². The molecule has 154 valence electrons. The molecule has 0 radical (unpaired) electrons. The first-order valence-corrected chi connectivity index (χ1v) is 11.8. The summed E-state index contributed by atoms with van der Waals surface area (Å²) in [5, 5.41) is 9.72. The van der Waals surface area contributed by atoms with Crippen molar-refractivity contribution in [3.63, 3.8) is 0 Å². The lowest BCUT2D eigenvalue weighted by Crippen LogP contribution is -2.55. The molecular weight excluding hydrogens is 346 g/mol. The summed E-state index contributed by atoms with van der Waals surface area (Å²) in [5.41, 5.74) is 0.965. The van der Waals surface area contributed by atoms with E-state index in [4.69, 9.17) is 9.47 Å². The van der Waals surface area contributed by atoms with E-state index in [0.717, 1.165) is 23.7 Å². The molecule has 0 aromatic carbocycles. The van der Waals surface area contributed by atoms with Crippen molar-refractivity contribution in [3.05, 3.63) is 12.2 Å². The Balaban J connectivity index is 1.36. The molecule has 5 aliphatic rings. The van der Waals surface area contributed by atoms with Crippen LogP contribution in [0.4, 0.5) is 0 Å². The maximum absolute atomic E-state index is 9.72. The summed E-state index contributed by atoms with van der Waals surface area (Å²) in [4.78, 5) is 0. The Morgan fingerprint density at radius 2 is 1.89 bits per heavy atom. The highest BCUT2D eigenvalue weighted by Crippen LogP contribution is 2.70. The average molecular weight is 384 g/mol. The summed E-state index contributed by atoms with van der Waals surface area (Å²) in [7, 11) is 1.72. The third kappa shape index (κ3) is 2.67. The van der Waals surface area contributed by atoms with Gasteiger partial charge < -0.3 is 9.47 Å². The average Bonchev–Trinajstić information content (AvgIpc) is 3.12. The molecule has 0 saturated heterocycles. The first-order valence-electron chi connectivity index (χ1n) is 11.8. The van der Waals surface area contributed by atoms with Crippen molar-refractivity contribution in [1.82, 2.24) is 0 Å². The van der Waals surface area contributed by atoms with E-state index >= 15 is 0 Å². The van der Waals surface area contributed by atoms with Gasteiger partial charge >= 0.3 is 0 Å². The maximum Gasteiger partial charge on any atom is 0.146 e. The summed E-state index contributed by atoms with van der Waals surface area (Å²) >= 11 is 0. The standard InChI is InChI=1S/C25H37NO2/c1-24-12-9-19(28-16-27-2)14-18(24)5-6-20-22(24)10-13-25-11-3-4-17(15-26)21(25)7-8-23(20)25/h3-4,17-23H,5-14,16H2,1-2H3/t17-,18-,19+,20+,21+,22-,23-,24-,25-/m0/s1. The Labute approximate surface area is 170 Å². The third-order valence-corrected chi connectivity index (χ3v) is 10.2. The van der Waals surface area contributed by atoms with E-state index in [-0.39, 0.29) is 5.92 Å². The van der Waals surface area contributed by atoms with Crippen LogP contribution in [-0.2, 0) is 9.47 Å². The van der Waals surface area contributed by atoms with E-state index in [1.165, 1.54) is 64.2 Å². The Morgan fingerprint density at radius 1 is 1.04 bits per heavy atom. The Hall–Kier alpha value is -0.850. The van der Waals surface area contributed by atoms with Crippen LogP contribution in [0.5, 0.6) is 0 Å². The maximum atomic E-state index is 9.72. The second-order valence-corrected chi connectivity index (χ2v) is 10.9. The van der Waals surface area contributed by atoms with Gasteiger partial charge in [0.25, 0.3) is 0 Å². The zero-order valence-electron chi connectivity index (χ0n) is 17.7. The van der Waals surface area contributed by atoms with E-state index in [0.29, 0.717) is 29.6 Å². The van der Waals surface area contributed by atoms with Crippen LogP contribution in [-0.4, -0.2) is 20.0 Å². The van der Waals surface area contributed by atoms with Crippen molar-refractivity contribution in [1.29, 1.82) is 5.26 Å². The van der Waals surface area contributed by atoms with Gasteiger partial charge in [0.05, 0.1) is 18.1 Å². The fourth-order valence-electron chi connectivity index (χ4n) is 9.03. The fraction of sp³-hybridized carbons (Fsp3) is 0.880. The van der Waals surface area contributed by atoms with Gasteiger partial charge in [-0.15, -0.1) is 0 Å². The number of ether oxygens (including phenoxy) is 2. The summed E-state index contributed by atoms with van der Waals surface area (Å²) in [6, 6.07) is 2.64. The van der Waals surface area contributed by atoms with E-state index < -0.39 is 0 Å². The summed E-state index contributed by atoms with van der Waals surface area (Å²) < 4.78 is 11.1. The first-order chi connectivity index (χ1) is 13.6. The smallest absolute Gasteiger partial charge is 0.146 e. The van der Waals surface area contributed by atoms with Gasteiger partial charge in [-0.2, -0.15) is 5.26 Å².